The Morgan fingerprint density at radius 1 is 1.23 bits per heavy atom. The number of nitrogens with zero attached hydrogens (tertiary/aromatic N) is 2. The Bertz CT molecular complexity index is 870. The monoisotopic (exact) mass is 473 g/mol. The number of anilines is 1. The Morgan fingerprint density at radius 2 is 1.87 bits per heavy atom. The van der Waals surface area contributed by atoms with Crippen molar-refractivity contribution in [2.24, 2.45) is 5.92 Å². The largest absolute Gasteiger partial charge is 0.469 e. The van der Waals surface area contributed by atoms with Gasteiger partial charge < -0.3 is 10.1 Å². The van der Waals surface area contributed by atoms with Gasteiger partial charge in [-0.2, -0.15) is 4.31 Å². The van der Waals surface area contributed by atoms with E-state index >= 15 is 0 Å². The summed E-state index contributed by atoms with van der Waals surface area (Å²) in [5, 5.41) is 2.97. The summed E-state index contributed by atoms with van der Waals surface area (Å²) in [5.41, 5.74) is 0.250. The SMILES string of the molecule is CCN(CC(=O)Nc1cc(S(=O)(=O)N2CCCCCC2)ccc1Cl)CC(C)C(=O)OC. The molecule has 0 aliphatic carbocycles. The maximum absolute atomic E-state index is 13.0. The first-order valence-electron chi connectivity index (χ1n) is 10.6. The molecule has 0 bridgehead atoms. The van der Waals surface area contributed by atoms with Crippen LogP contribution in [0.15, 0.2) is 23.1 Å². The first kappa shape index (κ1) is 25.6. The van der Waals surface area contributed by atoms with Crippen molar-refractivity contribution in [3.63, 3.8) is 0 Å². The fourth-order valence-electron chi connectivity index (χ4n) is 3.55. The van der Waals surface area contributed by atoms with E-state index in [1.807, 2.05) is 11.8 Å². The predicted octanol–water partition coefficient (Wildman–Crippen LogP) is 2.97. The summed E-state index contributed by atoms with van der Waals surface area (Å²) in [6, 6.07) is 4.36. The zero-order valence-electron chi connectivity index (χ0n) is 18.4. The van der Waals surface area contributed by atoms with E-state index in [2.05, 4.69) is 5.32 Å². The number of amides is 1. The van der Waals surface area contributed by atoms with Gasteiger partial charge in [-0.15, -0.1) is 0 Å². The molecule has 0 aromatic heterocycles. The molecule has 31 heavy (non-hydrogen) atoms. The Hall–Kier alpha value is -1.68. The van der Waals surface area contributed by atoms with Crippen LogP contribution < -0.4 is 5.32 Å². The van der Waals surface area contributed by atoms with Gasteiger partial charge in [0.1, 0.15) is 0 Å². The van der Waals surface area contributed by atoms with Gasteiger partial charge in [0.25, 0.3) is 0 Å². The molecule has 8 nitrogen and oxygen atoms in total. The number of sulfonamides is 1. The molecule has 1 amide bonds. The normalized spacial score (nSPS) is 16.5. The number of halogens is 1. The number of ether oxygens (including phenoxy) is 1. The molecule has 1 unspecified atom stereocenters. The second-order valence-electron chi connectivity index (χ2n) is 7.76. The Labute approximate surface area is 189 Å². The highest BCUT2D eigenvalue weighted by atomic mass is 35.5. The van der Waals surface area contributed by atoms with Crippen LogP contribution in [0.25, 0.3) is 0 Å². The molecule has 1 aliphatic heterocycles. The molecular formula is C21H32ClN3O5S. The molecule has 1 aromatic carbocycles. The Balaban J connectivity index is 2.10. The third-order valence-electron chi connectivity index (χ3n) is 5.36. The highest BCUT2D eigenvalue weighted by Crippen LogP contribution is 2.28. The van der Waals surface area contributed by atoms with Crippen molar-refractivity contribution < 1.29 is 22.7 Å². The molecule has 1 saturated heterocycles. The van der Waals surface area contributed by atoms with Crippen LogP contribution in [0.1, 0.15) is 39.5 Å². The number of carbonyl (C=O) groups is 2. The highest BCUT2D eigenvalue weighted by molar-refractivity contribution is 7.89. The molecule has 2 rings (SSSR count). The molecule has 1 fully saturated rings. The number of hydrogen-bond acceptors (Lipinski definition) is 6. The summed E-state index contributed by atoms with van der Waals surface area (Å²) < 4.78 is 32.3. The van der Waals surface area contributed by atoms with Crippen LogP contribution in [0, 0.1) is 5.92 Å². The summed E-state index contributed by atoms with van der Waals surface area (Å²) in [6.07, 6.45) is 3.73. The van der Waals surface area contributed by atoms with Crippen LogP contribution in [0.5, 0.6) is 0 Å². The number of hydrogen-bond donors (Lipinski definition) is 1. The van der Waals surface area contributed by atoms with Gasteiger partial charge in [-0.05, 0) is 37.6 Å². The third-order valence-corrected chi connectivity index (χ3v) is 7.59. The molecule has 0 spiro atoms. The smallest absolute Gasteiger partial charge is 0.309 e. The first-order valence-corrected chi connectivity index (χ1v) is 12.4. The van der Waals surface area contributed by atoms with Gasteiger partial charge >= 0.3 is 5.97 Å². The Kier molecular flexibility index (Phi) is 9.74. The lowest BCUT2D eigenvalue weighted by atomic mass is 10.1. The van der Waals surface area contributed by atoms with Gasteiger partial charge in [0.2, 0.25) is 15.9 Å². The van der Waals surface area contributed by atoms with Crippen LogP contribution in [0.2, 0.25) is 5.02 Å². The number of rotatable bonds is 9. The molecule has 10 heteroatoms. The number of nitrogens with one attached hydrogen (secondary N) is 1. The molecule has 1 aromatic rings. The van der Waals surface area contributed by atoms with Crippen LogP contribution in [-0.2, 0) is 24.3 Å². The second kappa shape index (κ2) is 11.8. The Morgan fingerprint density at radius 3 is 2.45 bits per heavy atom. The summed E-state index contributed by atoms with van der Waals surface area (Å²) in [5.74, 6) is -1.05. The standard InChI is InChI=1S/C21H32ClN3O5S/c1-4-24(14-16(2)21(27)30-3)15-20(26)23-19-13-17(9-10-18(19)22)31(28,29)25-11-7-5-6-8-12-25/h9-10,13,16H,4-8,11-12,14-15H2,1-3H3,(H,23,26). The molecule has 1 N–H and O–H groups in total. The fraction of sp³-hybridized carbons (Fsp3) is 0.619. The molecule has 0 saturated carbocycles. The number of likely N-dealkylation sites (N-methyl/N-ethyl adjacent to an activating group) is 1. The van der Waals surface area contributed by atoms with Crippen LogP contribution in [0.3, 0.4) is 0 Å². The van der Waals surface area contributed by atoms with E-state index in [1.54, 1.807) is 6.92 Å². The lowest BCUT2D eigenvalue weighted by Gasteiger charge is -2.23. The fourth-order valence-corrected chi connectivity index (χ4v) is 5.26. The van der Waals surface area contributed by atoms with Crippen molar-refractivity contribution in [3.8, 4) is 0 Å². The minimum Gasteiger partial charge on any atom is -0.469 e. The van der Waals surface area contributed by atoms with Crippen LogP contribution >= 0.6 is 11.6 Å². The van der Waals surface area contributed by atoms with Crippen molar-refractivity contribution in [2.45, 2.75) is 44.4 Å². The van der Waals surface area contributed by atoms with Gasteiger partial charge in [0.05, 0.1) is 35.2 Å². The van der Waals surface area contributed by atoms with E-state index in [4.69, 9.17) is 16.3 Å². The summed E-state index contributed by atoms with van der Waals surface area (Å²) in [4.78, 5) is 26.1. The van der Waals surface area contributed by atoms with Gasteiger partial charge in [0.15, 0.2) is 0 Å². The maximum Gasteiger partial charge on any atom is 0.309 e. The van der Waals surface area contributed by atoms with Crippen molar-refractivity contribution >= 4 is 39.2 Å². The average molecular weight is 474 g/mol. The minimum atomic E-state index is -3.65. The quantitative estimate of drug-likeness (QED) is 0.554. The molecule has 0 radical (unpaired) electrons. The van der Waals surface area contributed by atoms with E-state index < -0.39 is 10.0 Å². The zero-order chi connectivity index (χ0) is 23.0. The molecule has 1 atom stereocenters. The molecular weight excluding hydrogens is 442 g/mol. The number of carbonyl (C=O) groups excluding carboxylic acids is 2. The van der Waals surface area contributed by atoms with Gasteiger partial charge in [-0.25, -0.2) is 8.42 Å². The average Bonchev–Trinajstić information content (AvgIpc) is 3.04. The lowest BCUT2D eigenvalue weighted by molar-refractivity contribution is -0.145. The summed E-state index contributed by atoms with van der Waals surface area (Å²) in [6.45, 7) is 5.59. The molecule has 1 aliphatic rings. The lowest BCUT2D eigenvalue weighted by Crippen LogP contribution is -2.38. The van der Waals surface area contributed by atoms with Crippen molar-refractivity contribution in [2.75, 3.05) is 45.2 Å². The predicted molar refractivity (Wildman–Crippen MR) is 121 cm³/mol. The number of benzene rings is 1. The number of esters is 1. The van der Waals surface area contributed by atoms with E-state index in [-0.39, 0.29) is 39.9 Å². The summed E-state index contributed by atoms with van der Waals surface area (Å²) in [7, 11) is -2.33. The highest BCUT2D eigenvalue weighted by Gasteiger charge is 2.26. The van der Waals surface area contributed by atoms with Crippen LogP contribution in [-0.4, -0.2) is 69.3 Å². The zero-order valence-corrected chi connectivity index (χ0v) is 20.0. The van der Waals surface area contributed by atoms with Gasteiger partial charge in [-0.1, -0.05) is 38.3 Å². The van der Waals surface area contributed by atoms with Crippen molar-refractivity contribution in [1.29, 1.82) is 0 Å². The molecule has 174 valence electrons. The van der Waals surface area contributed by atoms with Gasteiger partial charge in [0, 0.05) is 19.6 Å². The maximum atomic E-state index is 13.0. The second-order valence-corrected chi connectivity index (χ2v) is 10.1. The van der Waals surface area contributed by atoms with E-state index in [9.17, 15) is 18.0 Å². The van der Waals surface area contributed by atoms with E-state index in [0.717, 1.165) is 25.7 Å². The summed E-state index contributed by atoms with van der Waals surface area (Å²) >= 11 is 6.22. The van der Waals surface area contributed by atoms with Crippen molar-refractivity contribution in [3.05, 3.63) is 23.2 Å². The van der Waals surface area contributed by atoms with Gasteiger partial charge in [-0.3, -0.25) is 14.5 Å². The minimum absolute atomic E-state index is 0.0390. The molecule has 1 heterocycles. The number of methoxy groups -OCH3 is 1. The topological polar surface area (TPSA) is 96.0 Å². The first-order chi connectivity index (χ1) is 14.7. The third kappa shape index (κ3) is 7.17. The van der Waals surface area contributed by atoms with E-state index in [1.165, 1.54) is 29.6 Å². The van der Waals surface area contributed by atoms with Crippen molar-refractivity contribution in [1.82, 2.24) is 9.21 Å². The van der Waals surface area contributed by atoms with E-state index in [0.29, 0.717) is 26.2 Å². The van der Waals surface area contributed by atoms with Crippen LogP contribution in [0.4, 0.5) is 5.69 Å².